The van der Waals surface area contributed by atoms with E-state index < -0.39 is 0 Å². The van der Waals surface area contributed by atoms with Crippen LogP contribution < -0.4 is 14.5 Å². The van der Waals surface area contributed by atoms with Crippen molar-refractivity contribution in [3.05, 3.63) is 77.3 Å². The summed E-state index contributed by atoms with van der Waals surface area (Å²) >= 11 is 0. The molecular weight excluding hydrogens is 538 g/mol. The Bertz CT molecular complexity index is 1540. The van der Waals surface area contributed by atoms with Crippen molar-refractivity contribution in [3.63, 3.8) is 0 Å². The van der Waals surface area contributed by atoms with Gasteiger partial charge in [-0.25, -0.2) is 6.57 Å². The van der Waals surface area contributed by atoms with Crippen LogP contribution in [0.15, 0.2) is 49.1 Å². The summed E-state index contributed by atoms with van der Waals surface area (Å²) in [5, 5.41) is 2.57. The van der Waals surface area contributed by atoms with E-state index in [1.165, 1.54) is 34.5 Å². The lowest BCUT2D eigenvalue weighted by Crippen LogP contribution is -2.56. The third kappa shape index (κ3) is 5.76. The Kier molecular flexibility index (Phi) is 8.48. The van der Waals surface area contributed by atoms with Crippen molar-refractivity contribution in [3.8, 4) is 6.01 Å². The Hall–Kier alpha value is -4.16. The Morgan fingerprint density at radius 1 is 1.12 bits per heavy atom. The number of amides is 1. The van der Waals surface area contributed by atoms with Gasteiger partial charge < -0.3 is 29.2 Å². The van der Waals surface area contributed by atoms with E-state index in [1.54, 1.807) is 4.90 Å². The van der Waals surface area contributed by atoms with Crippen LogP contribution in [0.2, 0.25) is 0 Å². The summed E-state index contributed by atoms with van der Waals surface area (Å²) in [6.45, 7) is 18.5. The molecule has 4 heterocycles. The van der Waals surface area contributed by atoms with Crippen LogP contribution in [0.25, 0.3) is 15.6 Å². The third-order valence-electron chi connectivity index (χ3n) is 9.33. The minimum atomic E-state index is -0.220. The number of aromatic nitrogens is 2. The summed E-state index contributed by atoms with van der Waals surface area (Å²) in [7, 11) is 2.15. The van der Waals surface area contributed by atoms with Gasteiger partial charge in [-0.15, -0.1) is 0 Å². The molecule has 2 atom stereocenters. The van der Waals surface area contributed by atoms with E-state index in [1.807, 2.05) is 0 Å². The van der Waals surface area contributed by atoms with Crippen molar-refractivity contribution in [2.75, 3.05) is 62.7 Å². The number of nitrogens with zero attached hydrogens (tertiary/aromatic N) is 7. The number of hydrogen-bond acceptors (Lipinski definition) is 7. The molecule has 3 aliphatic heterocycles. The van der Waals surface area contributed by atoms with E-state index >= 15 is 0 Å². The Labute approximate surface area is 254 Å². The second-order valence-electron chi connectivity index (χ2n) is 11.8. The summed E-state index contributed by atoms with van der Waals surface area (Å²) in [6.07, 6.45) is 5.42. The molecule has 3 aromatic rings. The number of likely N-dealkylation sites (tertiary alicyclic amines) is 1. The molecule has 0 saturated carbocycles. The lowest BCUT2D eigenvalue weighted by molar-refractivity contribution is -0.128. The van der Waals surface area contributed by atoms with Crippen LogP contribution in [-0.2, 0) is 24.2 Å². The molecule has 0 bridgehead atoms. The fourth-order valence-corrected chi connectivity index (χ4v) is 6.95. The van der Waals surface area contributed by atoms with Crippen LogP contribution >= 0.6 is 0 Å². The topological polar surface area (TPSA) is 69.4 Å². The quantitative estimate of drug-likeness (QED) is 0.290. The number of ether oxygens (including phenoxy) is 1. The van der Waals surface area contributed by atoms with Gasteiger partial charge in [0, 0.05) is 48.9 Å². The van der Waals surface area contributed by atoms with E-state index in [-0.39, 0.29) is 18.5 Å². The SMILES string of the molecule is [C-]#[N+]CC1CN(c2nc(OCC3CCCN3C)nc3c2CCN(c2cccc4cccc(CC)c24)C3)CCN1C(=O)C=C. The molecule has 0 spiro atoms. The first-order valence-electron chi connectivity index (χ1n) is 15.5. The first kappa shape index (κ1) is 28.9. The molecule has 0 radical (unpaired) electrons. The number of hydrogen-bond donors (Lipinski definition) is 0. The molecule has 43 heavy (non-hydrogen) atoms. The van der Waals surface area contributed by atoms with Gasteiger partial charge in [0.15, 0.2) is 0 Å². The fourth-order valence-electron chi connectivity index (χ4n) is 6.95. The number of benzene rings is 2. The zero-order valence-electron chi connectivity index (χ0n) is 25.3. The number of carbonyl (C=O) groups is 1. The van der Waals surface area contributed by atoms with Gasteiger partial charge in [0.05, 0.1) is 12.2 Å². The molecule has 9 heteroatoms. The highest BCUT2D eigenvalue weighted by Crippen LogP contribution is 2.36. The number of aryl methyl sites for hydroxylation is 1. The second kappa shape index (κ2) is 12.6. The maximum atomic E-state index is 12.6. The molecule has 2 fully saturated rings. The molecule has 9 nitrogen and oxygen atoms in total. The molecule has 3 aliphatic rings. The van der Waals surface area contributed by atoms with Crippen LogP contribution in [0.3, 0.4) is 0 Å². The van der Waals surface area contributed by atoms with Gasteiger partial charge in [0.2, 0.25) is 12.5 Å². The molecule has 6 rings (SSSR count). The molecule has 1 amide bonds. The number of anilines is 2. The zero-order chi connectivity index (χ0) is 29.9. The Morgan fingerprint density at radius 2 is 1.95 bits per heavy atom. The van der Waals surface area contributed by atoms with Gasteiger partial charge in [0.25, 0.3) is 0 Å². The van der Waals surface area contributed by atoms with E-state index in [0.29, 0.717) is 44.8 Å². The Morgan fingerprint density at radius 3 is 2.70 bits per heavy atom. The van der Waals surface area contributed by atoms with Gasteiger partial charge in [-0.05, 0) is 62.4 Å². The van der Waals surface area contributed by atoms with Crippen LogP contribution in [0.4, 0.5) is 11.5 Å². The summed E-state index contributed by atoms with van der Waals surface area (Å²) in [4.78, 5) is 35.0. The van der Waals surface area contributed by atoms with Crippen LogP contribution in [-0.4, -0.2) is 90.7 Å². The standard InChI is InChI=1S/C34H41N7O2/c1-5-24-10-7-11-25-12-8-14-30(32(24)25)39-17-15-28-29(22-39)36-34(43-23-26-13-9-16-38(26)4)37-33(28)40-18-19-41(31(42)6-2)27(21-40)20-35-3/h6-8,10-12,14,26-27H,2,5,9,13,15-23H2,1,4H3. The van der Waals surface area contributed by atoms with Crippen molar-refractivity contribution < 1.29 is 9.53 Å². The van der Waals surface area contributed by atoms with Crippen LogP contribution in [0.5, 0.6) is 6.01 Å². The fraction of sp³-hybridized carbons (Fsp3) is 0.471. The van der Waals surface area contributed by atoms with Crippen LogP contribution in [0, 0.1) is 6.57 Å². The summed E-state index contributed by atoms with van der Waals surface area (Å²) in [6, 6.07) is 13.7. The second-order valence-corrected chi connectivity index (χ2v) is 11.8. The number of piperazine rings is 1. The largest absolute Gasteiger partial charge is 0.462 e. The predicted octanol–water partition coefficient (Wildman–Crippen LogP) is 4.35. The molecule has 0 aliphatic carbocycles. The van der Waals surface area contributed by atoms with Crippen LogP contribution in [0.1, 0.15) is 36.6 Å². The lowest BCUT2D eigenvalue weighted by atomic mass is 9.98. The maximum Gasteiger partial charge on any atom is 0.318 e. The van der Waals surface area contributed by atoms with Gasteiger partial charge in [0.1, 0.15) is 18.5 Å². The highest BCUT2D eigenvalue weighted by molar-refractivity contribution is 5.97. The van der Waals surface area contributed by atoms with E-state index in [4.69, 9.17) is 21.3 Å². The van der Waals surface area contributed by atoms with E-state index in [9.17, 15) is 4.79 Å². The lowest BCUT2D eigenvalue weighted by Gasteiger charge is -2.41. The minimum absolute atomic E-state index is 0.125. The molecule has 2 unspecified atom stereocenters. The minimum Gasteiger partial charge on any atom is -0.462 e. The number of carbonyl (C=O) groups excluding carboxylic acids is 1. The molecule has 1 aromatic heterocycles. The smallest absolute Gasteiger partial charge is 0.318 e. The molecule has 0 N–H and O–H groups in total. The number of fused-ring (bicyclic) bond motifs is 2. The van der Waals surface area contributed by atoms with Crippen molar-refractivity contribution in [2.24, 2.45) is 0 Å². The number of rotatable bonds is 8. The highest BCUT2D eigenvalue weighted by Gasteiger charge is 2.35. The third-order valence-corrected chi connectivity index (χ3v) is 9.33. The first-order chi connectivity index (χ1) is 21.0. The first-order valence-corrected chi connectivity index (χ1v) is 15.5. The number of likely N-dealkylation sites (N-methyl/N-ethyl adjacent to an activating group) is 1. The molecule has 2 aromatic carbocycles. The molecule has 224 valence electrons. The van der Waals surface area contributed by atoms with E-state index in [2.05, 4.69) is 76.5 Å². The summed E-state index contributed by atoms with van der Waals surface area (Å²) in [5.74, 6) is 0.757. The normalized spacial score (nSPS) is 20.6. The van der Waals surface area contributed by atoms with Gasteiger partial charge >= 0.3 is 6.01 Å². The van der Waals surface area contributed by atoms with Crippen molar-refractivity contribution in [1.29, 1.82) is 0 Å². The maximum absolute atomic E-state index is 12.6. The van der Waals surface area contributed by atoms with Crippen molar-refractivity contribution in [1.82, 2.24) is 19.8 Å². The van der Waals surface area contributed by atoms with Crippen molar-refractivity contribution >= 4 is 28.2 Å². The highest BCUT2D eigenvalue weighted by atomic mass is 16.5. The van der Waals surface area contributed by atoms with Gasteiger partial charge in [-0.2, -0.15) is 9.97 Å². The molecular formula is C34H41N7O2. The Balaban J connectivity index is 1.35. The average Bonchev–Trinajstić information content (AvgIpc) is 3.46. The van der Waals surface area contributed by atoms with Gasteiger partial charge in [-0.3, -0.25) is 4.79 Å². The van der Waals surface area contributed by atoms with Crippen molar-refractivity contribution in [2.45, 2.75) is 51.2 Å². The average molecular weight is 580 g/mol. The summed E-state index contributed by atoms with van der Waals surface area (Å²) < 4.78 is 6.32. The monoisotopic (exact) mass is 579 g/mol. The predicted molar refractivity (Wildman–Crippen MR) is 171 cm³/mol. The summed E-state index contributed by atoms with van der Waals surface area (Å²) in [5.41, 5.74) is 4.72. The van der Waals surface area contributed by atoms with Gasteiger partial charge in [-0.1, -0.05) is 43.8 Å². The van der Waals surface area contributed by atoms with E-state index in [0.717, 1.165) is 49.4 Å². The molecule has 2 saturated heterocycles. The zero-order valence-corrected chi connectivity index (χ0v) is 25.3.